The zero-order chi connectivity index (χ0) is 23.5. The van der Waals surface area contributed by atoms with E-state index in [4.69, 9.17) is 11.1 Å². The van der Waals surface area contributed by atoms with Crippen molar-refractivity contribution in [2.45, 2.75) is 13.5 Å². The van der Waals surface area contributed by atoms with Crippen molar-refractivity contribution in [2.75, 3.05) is 5.43 Å². The number of aromatic nitrogens is 1. The highest BCUT2D eigenvalue weighted by Crippen LogP contribution is 2.33. The Hall–Kier alpha value is -4.00. The third kappa shape index (κ3) is 5.15. The number of anilines is 1. The topological polar surface area (TPSA) is 90.5 Å². The van der Waals surface area contributed by atoms with Gasteiger partial charge in [-0.15, -0.1) is 17.5 Å². The highest BCUT2D eigenvalue weighted by Gasteiger charge is 2.22. The molecule has 0 atom stereocenters. The fourth-order valence-electron chi connectivity index (χ4n) is 4.36. The van der Waals surface area contributed by atoms with Crippen LogP contribution in [0, 0.1) is 5.41 Å². The summed E-state index contributed by atoms with van der Waals surface area (Å²) in [5, 5.41) is 19.7. The number of amidine groups is 1. The van der Waals surface area contributed by atoms with Gasteiger partial charge < -0.3 is 18.1 Å². The van der Waals surface area contributed by atoms with E-state index in [1.807, 2.05) is 24.3 Å². The molecule has 1 heterocycles. The van der Waals surface area contributed by atoms with Crippen molar-refractivity contribution < 1.29 is 17.0 Å². The molecule has 0 spiro atoms. The lowest BCUT2D eigenvalue weighted by atomic mass is 9.98. The molecule has 0 amide bonds. The summed E-state index contributed by atoms with van der Waals surface area (Å²) >= 11 is 0. The van der Waals surface area contributed by atoms with Gasteiger partial charge in [-0.1, -0.05) is 53.8 Å². The number of nitrogens with one attached hydrogen (secondary N) is 2. The first-order valence-electron chi connectivity index (χ1n) is 11.2. The maximum Gasteiger partial charge on any atom is 0.220 e. The van der Waals surface area contributed by atoms with Crippen molar-refractivity contribution >= 4 is 51.3 Å². The highest BCUT2D eigenvalue weighted by atomic mass is 35.5. The largest absolute Gasteiger partial charge is 1.00 e. The van der Waals surface area contributed by atoms with Gasteiger partial charge in [0.05, 0.1) is 22.1 Å². The van der Waals surface area contributed by atoms with Crippen LogP contribution in [-0.2, 0) is 6.54 Å². The van der Waals surface area contributed by atoms with E-state index in [0.29, 0.717) is 5.56 Å². The summed E-state index contributed by atoms with van der Waals surface area (Å²) in [6.07, 6.45) is 0. The average Bonchev–Trinajstić information content (AvgIpc) is 2.88. The Bertz CT molecular complexity index is 1550. The molecule has 0 unspecified atom stereocenters. The SMILES string of the molecule is CC[n+]1c(-c2ccccc2)c2cc(N=NNc3cccc(C(=N)N)c3)ccc2c2ccccc21.Cl.[Cl-]. The van der Waals surface area contributed by atoms with E-state index in [9.17, 15) is 0 Å². The van der Waals surface area contributed by atoms with Crippen LogP contribution in [0.4, 0.5) is 11.4 Å². The Labute approximate surface area is 222 Å². The molecular formula is C28H26Cl2N6. The number of hydrogen-bond donors (Lipinski definition) is 3. The summed E-state index contributed by atoms with van der Waals surface area (Å²) in [6.45, 7) is 3.02. The van der Waals surface area contributed by atoms with Crippen molar-refractivity contribution in [1.82, 2.24) is 0 Å². The van der Waals surface area contributed by atoms with Crippen LogP contribution < -0.4 is 28.1 Å². The molecule has 0 bridgehead atoms. The standard InChI is InChI=1S/C28H25N6.2ClH/c1-2-34-26-14-7-6-13-24(26)23-16-15-22(18-25(23)27(34)19-9-4-3-5-10-19)32-33-31-21-12-8-11-20(17-21)28(29)30;;/h3-18H,2H2,1H3,(H3,29,30)(H,31,32);2*1H/q+1;;/p-1. The van der Waals surface area contributed by atoms with Gasteiger partial charge in [0.25, 0.3) is 0 Å². The van der Waals surface area contributed by atoms with Crippen molar-refractivity contribution in [3.63, 3.8) is 0 Å². The zero-order valence-electron chi connectivity index (χ0n) is 19.6. The molecule has 4 aromatic carbocycles. The number of rotatable bonds is 6. The van der Waals surface area contributed by atoms with Crippen LogP contribution in [0.25, 0.3) is 32.9 Å². The maximum atomic E-state index is 7.60. The van der Waals surface area contributed by atoms with Gasteiger partial charge in [-0.05, 0) is 49.4 Å². The Morgan fingerprint density at radius 1 is 0.861 bits per heavy atom. The average molecular weight is 517 g/mol. The molecule has 6 nitrogen and oxygen atoms in total. The van der Waals surface area contributed by atoms with Gasteiger partial charge in [0.1, 0.15) is 12.4 Å². The predicted octanol–water partition coefficient (Wildman–Crippen LogP) is 3.79. The Morgan fingerprint density at radius 3 is 2.36 bits per heavy atom. The second-order valence-corrected chi connectivity index (χ2v) is 8.01. The molecule has 0 aliphatic heterocycles. The zero-order valence-corrected chi connectivity index (χ0v) is 21.2. The lowest BCUT2D eigenvalue weighted by Gasteiger charge is -2.11. The van der Waals surface area contributed by atoms with Crippen molar-refractivity contribution in [2.24, 2.45) is 16.1 Å². The molecule has 182 valence electrons. The van der Waals surface area contributed by atoms with E-state index in [2.05, 4.69) is 87.9 Å². The van der Waals surface area contributed by atoms with Gasteiger partial charge in [0, 0.05) is 22.6 Å². The normalized spacial score (nSPS) is 10.7. The maximum absolute atomic E-state index is 7.60. The van der Waals surface area contributed by atoms with Crippen LogP contribution in [-0.4, -0.2) is 5.84 Å². The summed E-state index contributed by atoms with van der Waals surface area (Å²) < 4.78 is 2.36. The second kappa shape index (κ2) is 11.6. The molecular weight excluding hydrogens is 491 g/mol. The summed E-state index contributed by atoms with van der Waals surface area (Å²) in [5.41, 5.74) is 14.1. The van der Waals surface area contributed by atoms with Crippen LogP contribution in [0.1, 0.15) is 12.5 Å². The number of benzene rings is 4. The van der Waals surface area contributed by atoms with Crippen molar-refractivity contribution in [3.05, 3.63) is 103 Å². The fraction of sp³-hybridized carbons (Fsp3) is 0.0714. The number of nitrogens with two attached hydrogens (primary N) is 1. The lowest BCUT2D eigenvalue weighted by molar-refractivity contribution is -0.655. The Kier molecular flexibility index (Phi) is 8.59. The van der Waals surface area contributed by atoms with Crippen LogP contribution in [0.2, 0.25) is 0 Å². The number of fused-ring (bicyclic) bond motifs is 3. The molecule has 8 heteroatoms. The molecule has 0 fully saturated rings. The number of halogens is 2. The van der Waals surface area contributed by atoms with Gasteiger partial charge in [0.2, 0.25) is 11.2 Å². The molecule has 36 heavy (non-hydrogen) atoms. The van der Waals surface area contributed by atoms with Crippen LogP contribution in [0.15, 0.2) is 107 Å². The Morgan fingerprint density at radius 2 is 1.61 bits per heavy atom. The molecule has 1 aromatic heterocycles. The van der Waals surface area contributed by atoms with E-state index in [1.54, 1.807) is 12.1 Å². The minimum atomic E-state index is 0. The fourth-order valence-corrected chi connectivity index (χ4v) is 4.36. The Balaban J connectivity index is 0.00000180. The third-order valence-electron chi connectivity index (χ3n) is 5.89. The van der Waals surface area contributed by atoms with Gasteiger partial charge in [-0.3, -0.25) is 10.8 Å². The molecule has 0 saturated carbocycles. The first kappa shape index (κ1) is 26.6. The van der Waals surface area contributed by atoms with Crippen LogP contribution in [0.5, 0.6) is 0 Å². The van der Waals surface area contributed by atoms with Gasteiger partial charge in [-0.25, -0.2) is 0 Å². The molecule has 0 saturated heterocycles. The van der Waals surface area contributed by atoms with Gasteiger partial charge in [-0.2, -0.15) is 4.57 Å². The van der Waals surface area contributed by atoms with Crippen LogP contribution >= 0.6 is 12.4 Å². The van der Waals surface area contributed by atoms with E-state index in [-0.39, 0.29) is 30.6 Å². The summed E-state index contributed by atoms with van der Waals surface area (Å²) in [4.78, 5) is 0. The molecule has 0 aliphatic rings. The van der Waals surface area contributed by atoms with E-state index < -0.39 is 0 Å². The minimum absolute atomic E-state index is 0. The van der Waals surface area contributed by atoms with E-state index in [0.717, 1.165) is 34.6 Å². The number of pyridine rings is 1. The highest BCUT2D eigenvalue weighted by molar-refractivity contribution is 6.09. The van der Waals surface area contributed by atoms with Gasteiger partial charge >= 0.3 is 0 Å². The smallest absolute Gasteiger partial charge is 0.220 e. The number of aryl methyl sites for hydroxylation is 1. The third-order valence-corrected chi connectivity index (χ3v) is 5.89. The van der Waals surface area contributed by atoms with Crippen molar-refractivity contribution in [3.8, 4) is 11.3 Å². The van der Waals surface area contributed by atoms with E-state index >= 15 is 0 Å². The first-order chi connectivity index (χ1) is 16.7. The summed E-state index contributed by atoms with van der Waals surface area (Å²) in [6, 6.07) is 32.4. The molecule has 5 aromatic rings. The quantitative estimate of drug-likeness (QED) is 0.0799. The lowest BCUT2D eigenvalue weighted by Crippen LogP contribution is -3.00. The number of nitrogens with zero attached hydrogens (tertiary/aromatic N) is 3. The number of para-hydroxylation sites is 1. The minimum Gasteiger partial charge on any atom is -1.00 e. The predicted molar refractivity (Wildman–Crippen MR) is 146 cm³/mol. The molecule has 4 N–H and O–H groups in total. The van der Waals surface area contributed by atoms with Gasteiger partial charge in [0.15, 0.2) is 0 Å². The van der Waals surface area contributed by atoms with Crippen LogP contribution in [0.3, 0.4) is 0 Å². The second-order valence-electron chi connectivity index (χ2n) is 8.01. The monoisotopic (exact) mass is 516 g/mol. The number of hydrogen-bond acceptors (Lipinski definition) is 3. The molecule has 0 radical (unpaired) electrons. The van der Waals surface area contributed by atoms with Crippen molar-refractivity contribution in [1.29, 1.82) is 5.41 Å². The first-order valence-corrected chi connectivity index (χ1v) is 11.2. The molecule has 0 aliphatic carbocycles. The number of nitrogen functional groups attached to an aromatic ring is 1. The van der Waals surface area contributed by atoms with E-state index in [1.165, 1.54) is 16.3 Å². The molecule has 5 rings (SSSR count). The summed E-state index contributed by atoms with van der Waals surface area (Å²) in [5.74, 6) is 0.0139. The summed E-state index contributed by atoms with van der Waals surface area (Å²) in [7, 11) is 0.